The Labute approximate surface area is 199 Å². The summed E-state index contributed by atoms with van der Waals surface area (Å²) in [4.78, 5) is 12.5. The first-order valence-electron chi connectivity index (χ1n) is 10.8. The molecule has 33 heavy (non-hydrogen) atoms. The largest absolute Gasteiger partial charge is 0.490 e. The predicted molar refractivity (Wildman–Crippen MR) is 131 cm³/mol. The van der Waals surface area contributed by atoms with Gasteiger partial charge in [-0.05, 0) is 66.9 Å². The molecule has 0 aliphatic rings. The fraction of sp³-hybridized carbons (Fsp3) is 0.231. The standard InChI is InChI=1S/C26H27ClN2O4/c1-3-14-32-24-13-10-21(16-25(24)31-4-2)26(30)29-28-17-20-6-5-7-23(15-20)33-18-19-8-11-22(27)12-9-19/h5-13,15-17H,3-4,14,18H2,1-2H3,(H,29,30)/b28-17+. The van der Waals surface area contributed by atoms with Crippen molar-refractivity contribution in [2.24, 2.45) is 5.10 Å². The summed E-state index contributed by atoms with van der Waals surface area (Å²) in [6, 6.07) is 20.0. The van der Waals surface area contributed by atoms with Crippen LogP contribution in [0.3, 0.4) is 0 Å². The molecule has 0 saturated heterocycles. The number of carbonyl (C=O) groups is 1. The number of hydrazone groups is 1. The SMILES string of the molecule is CCCOc1ccc(C(=O)N/N=C/c2cccc(OCc3ccc(Cl)cc3)c2)cc1OCC. The van der Waals surface area contributed by atoms with Crippen molar-refractivity contribution in [2.75, 3.05) is 13.2 Å². The summed E-state index contributed by atoms with van der Waals surface area (Å²) in [6.45, 7) is 5.39. The van der Waals surface area contributed by atoms with E-state index in [0.29, 0.717) is 47.7 Å². The number of benzene rings is 3. The van der Waals surface area contributed by atoms with Crippen LogP contribution >= 0.6 is 11.6 Å². The van der Waals surface area contributed by atoms with Crippen LogP contribution in [0.4, 0.5) is 0 Å². The monoisotopic (exact) mass is 466 g/mol. The normalized spacial score (nSPS) is 10.8. The highest BCUT2D eigenvalue weighted by Crippen LogP contribution is 2.28. The van der Waals surface area contributed by atoms with Gasteiger partial charge in [0.2, 0.25) is 0 Å². The minimum absolute atomic E-state index is 0.343. The number of amides is 1. The minimum atomic E-state index is -0.343. The Bertz CT molecular complexity index is 1080. The molecule has 0 atom stereocenters. The number of rotatable bonds is 11. The maximum Gasteiger partial charge on any atom is 0.271 e. The Hall–Kier alpha value is -3.51. The highest BCUT2D eigenvalue weighted by atomic mass is 35.5. The molecule has 0 fully saturated rings. The van der Waals surface area contributed by atoms with Gasteiger partial charge in [0.25, 0.3) is 5.91 Å². The van der Waals surface area contributed by atoms with Gasteiger partial charge in [-0.3, -0.25) is 4.79 Å². The van der Waals surface area contributed by atoms with Gasteiger partial charge in [0, 0.05) is 10.6 Å². The highest BCUT2D eigenvalue weighted by molar-refractivity contribution is 6.30. The zero-order valence-corrected chi connectivity index (χ0v) is 19.5. The molecule has 1 amide bonds. The fourth-order valence-corrected chi connectivity index (χ4v) is 3.04. The molecule has 0 unspecified atom stereocenters. The molecule has 0 heterocycles. The number of nitrogens with zero attached hydrogens (tertiary/aromatic N) is 1. The summed E-state index contributed by atoms with van der Waals surface area (Å²) < 4.78 is 17.1. The molecule has 0 radical (unpaired) electrons. The second-order valence-electron chi connectivity index (χ2n) is 7.13. The molecule has 0 bridgehead atoms. The lowest BCUT2D eigenvalue weighted by Crippen LogP contribution is -2.17. The summed E-state index contributed by atoms with van der Waals surface area (Å²) in [5.74, 6) is 1.51. The molecule has 6 nitrogen and oxygen atoms in total. The van der Waals surface area contributed by atoms with Crippen molar-refractivity contribution in [1.29, 1.82) is 0 Å². The van der Waals surface area contributed by atoms with Gasteiger partial charge >= 0.3 is 0 Å². The van der Waals surface area contributed by atoms with Crippen molar-refractivity contribution in [1.82, 2.24) is 5.43 Å². The van der Waals surface area contributed by atoms with Gasteiger partial charge in [0.15, 0.2) is 11.5 Å². The lowest BCUT2D eigenvalue weighted by atomic mass is 10.2. The number of ether oxygens (including phenoxy) is 3. The quantitative estimate of drug-likeness (QED) is 0.283. The second kappa shape index (κ2) is 12.5. The Balaban J connectivity index is 1.59. The van der Waals surface area contributed by atoms with Crippen molar-refractivity contribution < 1.29 is 19.0 Å². The highest BCUT2D eigenvalue weighted by Gasteiger charge is 2.11. The third-order valence-electron chi connectivity index (χ3n) is 4.52. The molecule has 3 aromatic rings. The molecular formula is C26H27ClN2O4. The van der Waals surface area contributed by atoms with E-state index >= 15 is 0 Å². The van der Waals surface area contributed by atoms with Crippen LogP contribution in [0, 0.1) is 0 Å². The van der Waals surface area contributed by atoms with E-state index in [9.17, 15) is 4.79 Å². The van der Waals surface area contributed by atoms with Gasteiger partial charge in [-0.25, -0.2) is 5.43 Å². The number of nitrogens with one attached hydrogen (secondary N) is 1. The lowest BCUT2D eigenvalue weighted by molar-refractivity contribution is 0.0954. The summed E-state index contributed by atoms with van der Waals surface area (Å²) in [6.07, 6.45) is 2.45. The third-order valence-corrected chi connectivity index (χ3v) is 4.78. The molecule has 172 valence electrons. The maximum atomic E-state index is 12.5. The van der Waals surface area contributed by atoms with Gasteiger partial charge in [-0.1, -0.05) is 42.8 Å². The summed E-state index contributed by atoms with van der Waals surface area (Å²) in [5.41, 5.74) is 4.78. The van der Waals surface area contributed by atoms with E-state index in [1.54, 1.807) is 24.4 Å². The Morgan fingerprint density at radius 3 is 2.55 bits per heavy atom. The van der Waals surface area contributed by atoms with E-state index in [1.165, 1.54) is 0 Å². The van der Waals surface area contributed by atoms with Crippen LogP contribution in [0.25, 0.3) is 0 Å². The average molecular weight is 467 g/mol. The second-order valence-corrected chi connectivity index (χ2v) is 7.57. The number of hydrogen-bond donors (Lipinski definition) is 1. The van der Waals surface area contributed by atoms with E-state index in [2.05, 4.69) is 10.5 Å². The van der Waals surface area contributed by atoms with Gasteiger partial charge in [0.1, 0.15) is 12.4 Å². The van der Waals surface area contributed by atoms with Gasteiger partial charge in [-0.2, -0.15) is 5.10 Å². The Morgan fingerprint density at radius 1 is 0.970 bits per heavy atom. The van der Waals surface area contributed by atoms with E-state index in [1.807, 2.05) is 62.4 Å². The third kappa shape index (κ3) is 7.54. The van der Waals surface area contributed by atoms with E-state index in [4.69, 9.17) is 25.8 Å². The van der Waals surface area contributed by atoms with Crippen molar-refractivity contribution in [3.05, 3.63) is 88.4 Å². The number of halogens is 1. The lowest BCUT2D eigenvalue weighted by Gasteiger charge is -2.12. The number of carbonyl (C=O) groups excluding carboxylic acids is 1. The molecular weight excluding hydrogens is 440 g/mol. The van der Waals surface area contributed by atoms with Crippen molar-refractivity contribution in [3.8, 4) is 17.2 Å². The molecule has 3 aromatic carbocycles. The Morgan fingerprint density at radius 2 is 1.79 bits per heavy atom. The van der Waals surface area contributed by atoms with E-state index in [-0.39, 0.29) is 5.91 Å². The molecule has 0 aliphatic heterocycles. The van der Waals surface area contributed by atoms with Crippen molar-refractivity contribution in [2.45, 2.75) is 26.9 Å². The first-order valence-corrected chi connectivity index (χ1v) is 11.2. The van der Waals surface area contributed by atoms with Crippen LogP contribution in [-0.2, 0) is 6.61 Å². The fourth-order valence-electron chi connectivity index (χ4n) is 2.91. The summed E-state index contributed by atoms with van der Waals surface area (Å²) in [5, 5.41) is 4.76. The van der Waals surface area contributed by atoms with Crippen LogP contribution < -0.4 is 19.6 Å². The van der Waals surface area contributed by atoms with Crippen molar-refractivity contribution in [3.63, 3.8) is 0 Å². The molecule has 0 spiro atoms. The Kier molecular flexibility index (Phi) is 9.15. The maximum absolute atomic E-state index is 12.5. The van der Waals surface area contributed by atoms with Crippen LogP contribution in [0.5, 0.6) is 17.2 Å². The molecule has 7 heteroatoms. The van der Waals surface area contributed by atoms with Crippen LogP contribution in [0.15, 0.2) is 71.8 Å². The van der Waals surface area contributed by atoms with Gasteiger partial charge in [-0.15, -0.1) is 0 Å². The first kappa shape index (κ1) is 24.1. The van der Waals surface area contributed by atoms with E-state index < -0.39 is 0 Å². The van der Waals surface area contributed by atoms with Crippen LogP contribution in [0.1, 0.15) is 41.8 Å². The summed E-state index contributed by atoms with van der Waals surface area (Å²) in [7, 11) is 0. The van der Waals surface area contributed by atoms with Crippen molar-refractivity contribution >= 4 is 23.7 Å². The molecule has 0 aromatic heterocycles. The van der Waals surface area contributed by atoms with E-state index in [0.717, 1.165) is 17.5 Å². The molecule has 3 rings (SSSR count). The molecule has 0 saturated carbocycles. The number of hydrogen-bond acceptors (Lipinski definition) is 5. The average Bonchev–Trinajstić information content (AvgIpc) is 2.83. The molecule has 0 aliphatic carbocycles. The van der Waals surface area contributed by atoms with Gasteiger partial charge in [0.05, 0.1) is 19.4 Å². The zero-order chi connectivity index (χ0) is 23.5. The zero-order valence-electron chi connectivity index (χ0n) is 18.7. The van der Waals surface area contributed by atoms with Gasteiger partial charge < -0.3 is 14.2 Å². The summed E-state index contributed by atoms with van der Waals surface area (Å²) >= 11 is 5.91. The predicted octanol–water partition coefficient (Wildman–Crippen LogP) is 5.87. The smallest absolute Gasteiger partial charge is 0.271 e. The van der Waals surface area contributed by atoms with Crippen LogP contribution in [-0.4, -0.2) is 25.3 Å². The topological polar surface area (TPSA) is 69.2 Å². The first-order chi connectivity index (χ1) is 16.1. The molecule has 1 N–H and O–H groups in total. The minimum Gasteiger partial charge on any atom is -0.490 e. The van der Waals surface area contributed by atoms with Crippen LogP contribution in [0.2, 0.25) is 5.02 Å².